The zero-order valence-corrected chi connectivity index (χ0v) is 13.8. The van der Waals surface area contributed by atoms with Crippen LogP contribution in [-0.2, 0) is 4.44 Å². The third kappa shape index (κ3) is 3.60. The molecule has 0 N–H and O–H groups in total. The summed E-state index contributed by atoms with van der Waals surface area (Å²) in [5.74, 6) is 0. The Morgan fingerprint density at radius 1 is 0.765 bits per heavy atom. The molecule has 0 spiro atoms. The van der Waals surface area contributed by atoms with Gasteiger partial charge in [-0.1, -0.05) is 0 Å². The van der Waals surface area contributed by atoms with E-state index in [0.29, 0.717) is 0 Å². The molecule has 0 unspecified atom stereocenters. The van der Waals surface area contributed by atoms with Crippen LogP contribution in [0.2, 0.25) is 14.8 Å². The van der Waals surface area contributed by atoms with E-state index in [2.05, 4.69) is 69.4 Å². The Morgan fingerprint density at radius 3 is 2.00 bits per heavy atom. The van der Waals surface area contributed by atoms with Crippen molar-refractivity contribution in [3.8, 4) is 11.1 Å². The van der Waals surface area contributed by atoms with Crippen LogP contribution in [0.4, 0.5) is 0 Å². The molecule has 2 aromatic carbocycles. The van der Waals surface area contributed by atoms with E-state index in [1.54, 1.807) is 0 Å². The number of hydrogen-bond donors (Lipinski definition) is 0. The monoisotopic (exact) mass is 332 g/mol. The van der Waals surface area contributed by atoms with Crippen molar-refractivity contribution in [1.82, 2.24) is 0 Å². The predicted molar refractivity (Wildman–Crippen MR) is 78.9 cm³/mol. The zero-order chi connectivity index (χ0) is 12.3. The summed E-state index contributed by atoms with van der Waals surface area (Å²) in [5.41, 5.74) is 4.29. The van der Waals surface area contributed by atoms with Crippen LogP contribution in [0.15, 0.2) is 54.6 Å². The Bertz CT molecular complexity index is 480. The van der Waals surface area contributed by atoms with Crippen LogP contribution in [0.5, 0.6) is 0 Å². The first kappa shape index (κ1) is 12.7. The quantitative estimate of drug-likeness (QED) is 0.711. The van der Waals surface area contributed by atoms with Crippen LogP contribution in [0.25, 0.3) is 11.1 Å². The maximum atomic E-state index is 2.50. The van der Waals surface area contributed by atoms with Gasteiger partial charge in [-0.3, -0.25) is 0 Å². The summed E-state index contributed by atoms with van der Waals surface area (Å²) in [6, 6.07) is 19.6. The molecular formula is C16H20Sn. The third-order valence-electron chi connectivity index (χ3n) is 2.82. The molecule has 0 bridgehead atoms. The fourth-order valence-corrected chi connectivity index (χ4v) is 6.29. The number of hydrogen-bond acceptors (Lipinski definition) is 0. The Balaban J connectivity index is 2.41. The van der Waals surface area contributed by atoms with Crippen molar-refractivity contribution in [3.05, 3.63) is 60.2 Å². The molecule has 1 heteroatoms. The van der Waals surface area contributed by atoms with Crippen LogP contribution < -0.4 is 0 Å². The average molecular weight is 331 g/mol. The first-order chi connectivity index (χ1) is 8.06. The molecule has 0 aliphatic rings. The molecule has 0 nitrogen and oxygen atoms in total. The number of benzene rings is 2. The van der Waals surface area contributed by atoms with Crippen molar-refractivity contribution in [3.63, 3.8) is 0 Å². The summed E-state index contributed by atoms with van der Waals surface area (Å²) in [7, 11) is 0. The van der Waals surface area contributed by atoms with Crippen LogP contribution in [-0.4, -0.2) is 18.4 Å². The molecule has 0 aliphatic carbocycles. The Kier molecular flexibility index (Phi) is 3.93. The van der Waals surface area contributed by atoms with E-state index in [1.165, 1.54) is 21.1 Å². The third-order valence-corrected chi connectivity index (χ3v) is 6.94. The first-order valence-electron chi connectivity index (χ1n) is 6.20. The van der Waals surface area contributed by atoms with E-state index in [0.717, 1.165) is 0 Å². The van der Waals surface area contributed by atoms with Gasteiger partial charge in [0.05, 0.1) is 0 Å². The van der Waals surface area contributed by atoms with Crippen LogP contribution >= 0.6 is 0 Å². The molecule has 0 atom stereocenters. The van der Waals surface area contributed by atoms with Crippen molar-refractivity contribution in [2.45, 2.75) is 19.3 Å². The summed E-state index contributed by atoms with van der Waals surface area (Å²) in [5, 5.41) is 0. The van der Waals surface area contributed by atoms with E-state index in [-0.39, 0.29) is 0 Å². The molecular weight excluding hydrogens is 311 g/mol. The minimum atomic E-state index is -1.77. The van der Waals surface area contributed by atoms with Crippen molar-refractivity contribution in [1.29, 1.82) is 0 Å². The Morgan fingerprint density at radius 2 is 1.35 bits per heavy atom. The van der Waals surface area contributed by atoms with Gasteiger partial charge in [0.2, 0.25) is 0 Å². The molecule has 88 valence electrons. The fraction of sp³-hybridized carbons (Fsp3) is 0.250. The van der Waals surface area contributed by atoms with Gasteiger partial charge in [-0.25, -0.2) is 0 Å². The van der Waals surface area contributed by atoms with Gasteiger partial charge in [0.15, 0.2) is 0 Å². The SMILES string of the molecule is [CH3][Sn]([CH3])([CH3])[CH2]c1ccccc1-c1ccccc1. The zero-order valence-electron chi connectivity index (χ0n) is 10.9. The molecule has 2 rings (SSSR count). The van der Waals surface area contributed by atoms with Gasteiger partial charge in [-0.05, 0) is 0 Å². The van der Waals surface area contributed by atoms with E-state index in [4.69, 9.17) is 0 Å². The fourth-order valence-electron chi connectivity index (χ4n) is 2.15. The van der Waals surface area contributed by atoms with Crippen LogP contribution in [0.3, 0.4) is 0 Å². The molecule has 17 heavy (non-hydrogen) atoms. The summed E-state index contributed by atoms with van der Waals surface area (Å²) in [4.78, 5) is 7.49. The van der Waals surface area contributed by atoms with Crippen molar-refractivity contribution in [2.75, 3.05) is 0 Å². The first-order valence-corrected chi connectivity index (χ1v) is 16.8. The molecule has 0 saturated heterocycles. The van der Waals surface area contributed by atoms with Gasteiger partial charge >= 0.3 is 109 Å². The van der Waals surface area contributed by atoms with Crippen molar-refractivity contribution >= 4 is 18.4 Å². The van der Waals surface area contributed by atoms with E-state index in [9.17, 15) is 0 Å². The predicted octanol–water partition coefficient (Wildman–Crippen LogP) is 4.77. The normalized spacial score (nSPS) is 11.5. The molecule has 0 radical (unpaired) electrons. The second-order valence-corrected chi connectivity index (χ2v) is 21.4. The van der Waals surface area contributed by atoms with Gasteiger partial charge in [-0.15, -0.1) is 0 Å². The van der Waals surface area contributed by atoms with E-state index < -0.39 is 18.4 Å². The van der Waals surface area contributed by atoms with E-state index >= 15 is 0 Å². The van der Waals surface area contributed by atoms with Gasteiger partial charge < -0.3 is 0 Å². The topological polar surface area (TPSA) is 0 Å². The molecule has 0 amide bonds. The molecule has 0 aromatic heterocycles. The second kappa shape index (κ2) is 5.26. The van der Waals surface area contributed by atoms with Crippen molar-refractivity contribution < 1.29 is 0 Å². The second-order valence-electron chi connectivity index (χ2n) is 5.76. The molecule has 0 saturated carbocycles. The maximum absolute atomic E-state index is 2.50. The number of rotatable bonds is 3. The van der Waals surface area contributed by atoms with Crippen LogP contribution in [0.1, 0.15) is 5.56 Å². The van der Waals surface area contributed by atoms with Gasteiger partial charge in [0, 0.05) is 0 Å². The van der Waals surface area contributed by atoms with Crippen LogP contribution in [0, 0.1) is 0 Å². The molecule has 0 heterocycles. The molecule has 0 fully saturated rings. The average Bonchev–Trinajstić information content (AvgIpc) is 2.29. The standard InChI is InChI=1S/C13H11.3CH3.Sn/c1-11-7-5-6-10-13(11)12-8-3-2-4-9-12;;;;/h2-10H,1H2;3*1H3;. The van der Waals surface area contributed by atoms with Crippen molar-refractivity contribution in [2.24, 2.45) is 0 Å². The molecule has 0 aliphatic heterocycles. The van der Waals surface area contributed by atoms with E-state index in [1.807, 2.05) is 0 Å². The summed E-state index contributed by atoms with van der Waals surface area (Å²) < 4.78 is 1.32. The van der Waals surface area contributed by atoms with Gasteiger partial charge in [-0.2, -0.15) is 0 Å². The van der Waals surface area contributed by atoms with Gasteiger partial charge in [0.1, 0.15) is 0 Å². The molecule has 2 aromatic rings. The summed E-state index contributed by atoms with van der Waals surface area (Å²) >= 11 is -1.77. The Hall–Kier alpha value is -0.761. The summed E-state index contributed by atoms with van der Waals surface area (Å²) in [6.45, 7) is 0. The van der Waals surface area contributed by atoms with Gasteiger partial charge in [0.25, 0.3) is 0 Å². The minimum absolute atomic E-state index is 1.32. The summed E-state index contributed by atoms with van der Waals surface area (Å²) in [6.07, 6.45) is 0. The Labute approximate surface area is 109 Å².